The Morgan fingerprint density at radius 2 is 1.96 bits per heavy atom. The molecule has 1 heterocycles. The minimum Gasteiger partial charge on any atom is -0.457 e. The van der Waals surface area contributed by atoms with Crippen molar-refractivity contribution in [3.63, 3.8) is 0 Å². The number of aromatic nitrogens is 2. The summed E-state index contributed by atoms with van der Waals surface area (Å²) >= 11 is 0. The van der Waals surface area contributed by atoms with Crippen LogP contribution in [0.3, 0.4) is 0 Å². The number of rotatable bonds is 3. The molecule has 0 radical (unpaired) electrons. The summed E-state index contributed by atoms with van der Waals surface area (Å²) in [4.78, 5) is 38.0. The van der Waals surface area contributed by atoms with Crippen molar-refractivity contribution >= 4 is 5.97 Å². The number of hydrogen-bond donors (Lipinski definition) is 2. The second-order valence-electron chi connectivity index (χ2n) is 4.65. The molecule has 0 atom stereocenters. The van der Waals surface area contributed by atoms with Crippen LogP contribution in [0.25, 0.3) is 0 Å². The van der Waals surface area contributed by atoms with Crippen molar-refractivity contribution in [1.82, 2.24) is 9.97 Å². The number of halogens is 3. The lowest BCUT2D eigenvalue weighted by molar-refractivity contribution is -0.138. The molecule has 0 aliphatic carbocycles. The molecule has 0 spiro atoms. The van der Waals surface area contributed by atoms with Crippen LogP contribution < -0.4 is 11.2 Å². The van der Waals surface area contributed by atoms with Gasteiger partial charge in [-0.2, -0.15) is 13.2 Å². The number of H-pyrrole nitrogens is 2. The minimum absolute atomic E-state index is 0.0665. The molecule has 0 unspecified atom stereocenters. The molecular weight excluding hydrogens is 317 g/mol. The van der Waals surface area contributed by atoms with E-state index in [-0.39, 0.29) is 11.1 Å². The van der Waals surface area contributed by atoms with Gasteiger partial charge in [-0.3, -0.25) is 9.78 Å². The number of hydrogen-bond acceptors (Lipinski definition) is 4. The van der Waals surface area contributed by atoms with Crippen molar-refractivity contribution in [2.75, 3.05) is 0 Å². The molecular formula is C14H11F3N2O4. The average Bonchev–Trinajstić information content (AvgIpc) is 2.44. The van der Waals surface area contributed by atoms with Gasteiger partial charge in [0.05, 0.1) is 5.56 Å². The maximum absolute atomic E-state index is 12.8. The van der Waals surface area contributed by atoms with Gasteiger partial charge in [0.1, 0.15) is 12.2 Å². The molecule has 0 saturated heterocycles. The van der Waals surface area contributed by atoms with E-state index in [0.717, 1.165) is 12.3 Å². The Morgan fingerprint density at radius 3 is 2.57 bits per heavy atom. The molecule has 0 amide bonds. The Morgan fingerprint density at radius 1 is 1.26 bits per heavy atom. The van der Waals surface area contributed by atoms with E-state index in [9.17, 15) is 27.6 Å². The lowest BCUT2D eigenvalue weighted by atomic mass is 10.0. The molecule has 6 nitrogen and oxygen atoms in total. The maximum Gasteiger partial charge on any atom is 0.416 e. The highest BCUT2D eigenvalue weighted by molar-refractivity contribution is 5.88. The summed E-state index contributed by atoms with van der Waals surface area (Å²) in [7, 11) is 0. The Balaban J connectivity index is 2.20. The number of alkyl halides is 3. The molecule has 9 heteroatoms. The highest BCUT2D eigenvalue weighted by Gasteiger charge is 2.32. The topological polar surface area (TPSA) is 92.0 Å². The molecule has 122 valence electrons. The number of aromatic amines is 2. The van der Waals surface area contributed by atoms with Crippen LogP contribution in [0.4, 0.5) is 13.2 Å². The van der Waals surface area contributed by atoms with E-state index in [1.165, 1.54) is 19.1 Å². The highest BCUT2D eigenvalue weighted by Crippen LogP contribution is 2.33. The van der Waals surface area contributed by atoms with Gasteiger partial charge >= 0.3 is 17.8 Å². The summed E-state index contributed by atoms with van der Waals surface area (Å²) in [6.45, 7) is 0.825. The highest BCUT2D eigenvalue weighted by atomic mass is 19.4. The molecule has 0 saturated carbocycles. The van der Waals surface area contributed by atoms with Gasteiger partial charge in [-0.15, -0.1) is 0 Å². The van der Waals surface area contributed by atoms with Gasteiger partial charge in [-0.05, 0) is 24.1 Å². The summed E-state index contributed by atoms with van der Waals surface area (Å²) in [5.74, 6) is -1.06. The Hall–Kier alpha value is -2.84. The zero-order valence-electron chi connectivity index (χ0n) is 11.8. The minimum atomic E-state index is -4.51. The van der Waals surface area contributed by atoms with E-state index < -0.39 is 41.1 Å². The zero-order chi connectivity index (χ0) is 17.2. The maximum atomic E-state index is 12.8. The van der Waals surface area contributed by atoms with Crippen LogP contribution in [0.2, 0.25) is 0 Å². The van der Waals surface area contributed by atoms with Crippen LogP contribution in [0.15, 0.2) is 34.0 Å². The first-order valence-corrected chi connectivity index (χ1v) is 6.35. The predicted octanol–water partition coefficient (Wildman–Crippen LogP) is 1.75. The molecule has 2 aromatic rings. The second-order valence-corrected chi connectivity index (χ2v) is 4.65. The molecule has 0 bridgehead atoms. The molecule has 0 aliphatic heterocycles. The van der Waals surface area contributed by atoms with Gasteiger partial charge in [-0.1, -0.05) is 12.1 Å². The Bertz CT molecular complexity index is 852. The van der Waals surface area contributed by atoms with Crippen molar-refractivity contribution < 1.29 is 22.7 Å². The van der Waals surface area contributed by atoms with Crippen molar-refractivity contribution in [2.24, 2.45) is 0 Å². The summed E-state index contributed by atoms with van der Waals surface area (Å²) in [6, 6.07) is 3.51. The molecule has 0 aliphatic rings. The van der Waals surface area contributed by atoms with Crippen LogP contribution in [-0.4, -0.2) is 15.9 Å². The van der Waals surface area contributed by atoms with Crippen LogP contribution in [-0.2, 0) is 17.5 Å². The van der Waals surface area contributed by atoms with Gasteiger partial charge < -0.3 is 9.72 Å². The van der Waals surface area contributed by atoms with Gasteiger partial charge in [0.25, 0.3) is 5.56 Å². The van der Waals surface area contributed by atoms with E-state index in [4.69, 9.17) is 4.74 Å². The number of ether oxygens (including phenoxy) is 1. The van der Waals surface area contributed by atoms with E-state index in [1.807, 2.05) is 4.98 Å². The van der Waals surface area contributed by atoms with E-state index in [1.54, 1.807) is 0 Å². The van der Waals surface area contributed by atoms with Gasteiger partial charge in [0, 0.05) is 6.20 Å². The van der Waals surface area contributed by atoms with Gasteiger partial charge in [0.2, 0.25) is 0 Å². The van der Waals surface area contributed by atoms with E-state index >= 15 is 0 Å². The molecule has 23 heavy (non-hydrogen) atoms. The molecule has 0 fully saturated rings. The monoisotopic (exact) mass is 328 g/mol. The third-order valence-electron chi connectivity index (χ3n) is 3.15. The first-order chi connectivity index (χ1) is 10.7. The fourth-order valence-corrected chi connectivity index (χ4v) is 1.93. The molecule has 1 aromatic heterocycles. The summed E-state index contributed by atoms with van der Waals surface area (Å²) in [5.41, 5.74) is -2.92. The van der Waals surface area contributed by atoms with Crippen molar-refractivity contribution in [1.29, 1.82) is 0 Å². The number of esters is 1. The Labute approximate surface area is 126 Å². The lowest BCUT2D eigenvalue weighted by Crippen LogP contribution is -2.27. The van der Waals surface area contributed by atoms with E-state index in [2.05, 4.69) is 4.98 Å². The molecule has 1 aromatic carbocycles. The number of benzene rings is 1. The van der Waals surface area contributed by atoms with Crippen molar-refractivity contribution in [3.05, 3.63) is 67.5 Å². The SMILES string of the molecule is Cc1c(COC(=O)c2c[nH]c(=O)[nH]c2=O)cccc1C(F)(F)F. The standard InChI is InChI=1S/C14H11F3N2O4/c1-7-8(3-2-4-10(7)14(15,16)17)6-23-12(21)9-5-18-13(22)19-11(9)20/h2-5H,6H2,1H3,(H2,18,19,20,22). The second kappa shape index (κ2) is 6.11. The first-order valence-electron chi connectivity index (χ1n) is 6.35. The van der Waals surface area contributed by atoms with Crippen molar-refractivity contribution in [3.8, 4) is 0 Å². The Kier molecular flexibility index (Phi) is 4.39. The summed E-state index contributed by atoms with van der Waals surface area (Å²) in [6.07, 6.45) is -3.64. The average molecular weight is 328 g/mol. The predicted molar refractivity (Wildman–Crippen MR) is 73.0 cm³/mol. The first kappa shape index (κ1) is 16.5. The third kappa shape index (κ3) is 3.68. The third-order valence-corrected chi connectivity index (χ3v) is 3.15. The molecule has 2 N–H and O–H groups in total. The molecule has 2 rings (SSSR count). The van der Waals surface area contributed by atoms with E-state index in [0.29, 0.717) is 0 Å². The lowest BCUT2D eigenvalue weighted by Gasteiger charge is -2.13. The smallest absolute Gasteiger partial charge is 0.416 e. The fraction of sp³-hybridized carbons (Fsp3) is 0.214. The quantitative estimate of drug-likeness (QED) is 0.840. The normalized spacial score (nSPS) is 11.3. The fourth-order valence-electron chi connectivity index (χ4n) is 1.93. The number of nitrogens with one attached hydrogen (secondary N) is 2. The largest absolute Gasteiger partial charge is 0.457 e. The van der Waals surface area contributed by atoms with Gasteiger partial charge in [-0.25, -0.2) is 9.59 Å². The van der Waals surface area contributed by atoms with Crippen LogP contribution in [0.1, 0.15) is 27.0 Å². The van der Waals surface area contributed by atoms with Crippen molar-refractivity contribution in [2.45, 2.75) is 19.7 Å². The number of carbonyl (C=O) groups is 1. The van der Waals surface area contributed by atoms with Gasteiger partial charge in [0.15, 0.2) is 0 Å². The van der Waals surface area contributed by atoms with Crippen LogP contribution >= 0.6 is 0 Å². The zero-order valence-corrected chi connectivity index (χ0v) is 11.8. The van der Waals surface area contributed by atoms with Crippen LogP contribution in [0, 0.1) is 6.92 Å². The summed E-state index contributed by atoms with van der Waals surface area (Å²) < 4.78 is 43.2. The number of carbonyl (C=O) groups excluding carboxylic acids is 1. The summed E-state index contributed by atoms with van der Waals surface area (Å²) in [5, 5.41) is 0. The van der Waals surface area contributed by atoms with Crippen LogP contribution in [0.5, 0.6) is 0 Å².